The van der Waals surface area contributed by atoms with Crippen molar-refractivity contribution in [3.8, 4) is 0 Å². The van der Waals surface area contributed by atoms with Crippen LogP contribution in [0.4, 0.5) is 4.39 Å². The van der Waals surface area contributed by atoms with Crippen molar-refractivity contribution in [2.75, 3.05) is 32.7 Å². The first-order valence-electron chi connectivity index (χ1n) is 10.5. The van der Waals surface area contributed by atoms with E-state index in [4.69, 9.17) is 23.2 Å². The van der Waals surface area contributed by atoms with E-state index in [1.165, 1.54) is 5.56 Å². The van der Waals surface area contributed by atoms with Gasteiger partial charge in [0, 0.05) is 19.6 Å². The Morgan fingerprint density at radius 1 is 1.03 bits per heavy atom. The van der Waals surface area contributed by atoms with Gasteiger partial charge in [0.05, 0.1) is 14.9 Å². The van der Waals surface area contributed by atoms with Gasteiger partial charge in [0.25, 0.3) is 0 Å². The summed E-state index contributed by atoms with van der Waals surface area (Å²) in [6.45, 7) is 7.05. The van der Waals surface area contributed by atoms with Crippen LogP contribution in [0.1, 0.15) is 31.2 Å². The van der Waals surface area contributed by atoms with Crippen LogP contribution in [0.25, 0.3) is 0 Å². The van der Waals surface area contributed by atoms with Crippen LogP contribution in [0.2, 0.25) is 10.0 Å². The smallest absolute Gasteiger partial charge is 0.127 e. The molecular weight excluding hydrogens is 442 g/mol. The second kappa shape index (κ2) is 9.66. The summed E-state index contributed by atoms with van der Waals surface area (Å²) in [6.07, 6.45) is 2.21. The summed E-state index contributed by atoms with van der Waals surface area (Å²) in [7, 11) is -1.22. The summed E-state index contributed by atoms with van der Waals surface area (Å²) < 4.78 is 28.2. The van der Waals surface area contributed by atoms with Crippen LogP contribution < -0.4 is 0 Å². The molecule has 2 aromatic rings. The molecule has 3 nitrogen and oxygen atoms in total. The minimum absolute atomic E-state index is 0.172. The van der Waals surface area contributed by atoms with Gasteiger partial charge >= 0.3 is 0 Å². The first-order valence-corrected chi connectivity index (χ1v) is 12.4. The summed E-state index contributed by atoms with van der Waals surface area (Å²) in [4.78, 5) is 3.24. The molecule has 30 heavy (non-hydrogen) atoms. The fourth-order valence-electron chi connectivity index (χ4n) is 4.61. The Morgan fingerprint density at radius 3 is 2.40 bits per heavy atom. The first kappa shape index (κ1) is 22.2. The van der Waals surface area contributed by atoms with Gasteiger partial charge in [0.2, 0.25) is 0 Å². The van der Waals surface area contributed by atoms with Crippen molar-refractivity contribution < 1.29 is 8.60 Å². The fraction of sp³-hybridized carbons (Fsp3) is 0.478. The maximum Gasteiger partial charge on any atom is 0.127 e. The molecular formula is C23H27Cl2FN2OS. The van der Waals surface area contributed by atoms with Crippen molar-refractivity contribution in [1.29, 1.82) is 0 Å². The summed E-state index contributed by atoms with van der Waals surface area (Å²) >= 11 is 12.1. The molecule has 0 aromatic heterocycles. The zero-order valence-electron chi connectivity index (χ0n) is 17.1. The van der Waals surface area contributed by atoms with Crippen molar-refractivity contribution in [2.24, 2.45) is 11.8 Å². The molecule has 0 amide bonds. The Kier molecular flexibility index (Phi) is 7.16. The van der Waals surface area contributed by atoms with E-state index in [9.17, 15) is 8.60 Å². The highest BCUT2D eigenvalue weighted by Crippen LogP contribution is 2.32. The molecule has 2 heterocycles. The molecule has 0 bridgehead atoms. The van der Waals surface area contributed by atoms with Crippen LogP contribution in [0.5, 0.6) is 0 Å². The minimum atomic E-state index is -1.22. The standard InChI is InChI=1S/C23H27Cl2FN2OS/c1-16-13-28(30(29)21-6-7-22(24)23(25)12-21)15-19(16)14-27-10-8-18(9-11-27)17-2-4-20(26)5-3-17/h2-7,12,16,18-19H,8-11,13-15H2,1H3. The summed E-state index contributed by atoms with van der Waals surface area (Å²) in [6, 6.07) is 12.2. The summed E-state index contributed by atoms with van der Waals surface area (Å²) in [5, 5.41) is 0.921. The van der Waals surface area contributed by atoms with Crippen LogP contribution in [0, 0.1) is 17.7 Å². The number of hydrogen-bond acceptors (Lipinski definition) is 2. The first-order chi connectivity index (χ1) is 14.4. The molecule has 3 unspecified atom stereocenters. The van der Waals surface area contributed by atoms with Crippen molar-refractivity contribution in [1.82, 2.24) is 9.21 Å². The average molecular weight is 469 g/mol. The second-order valence-electron chi connectivity index (χ2n) is 8.54. The second-order valence-corrected chi connectivity index (χ2v) is 10.8. The molecule has 162 valence electrons. The van der Waals surface area contributed by atoms with Crippen molar-refractivity contribution >= 4 is 34.2 Å². The van der Waals surface area contributed by atoms with Crippen molar-refractivity contribution in [3.05, 3.63) is 63.9 Å². The van der Waals surface area contributed by atoms with Crippen LogP contribution >= 0.6 is 23.2 Å². The summed E-state index contributed by atoms with van der Waals surface area (Å²) in [5.74, 6) is 1.33. The fourth-order valence-corrected chi connectivity index (χ4v) is 6.37. The highest BCUT2D eigenvalue weighted by molar-refractivity contribution is 7.82. The lowest BCUT2D eigenvalue weighted by molar-refractivity contribution is 0.174. The van der Waals surface area contributed by atoms with Gasteiger partial charge < -0.3 is 4.90 Å². The van der Waals surface area contributed by atoms with Crippen LogP contribution in [0.3, 0.4) is 0 Å². The van der Waals surface area contributed by atoms with E-state index in [0.717, 1.165) is 45.6 Å². The van der Waals surface area contributed by atoms with Gasteiger partial charge in [-0.25, -0.2) is 12.9 Å². The normalized spacial score (nSPS) is 24.9. The van der Waals surface area contributed by atoms with Crippen LogP contribution in [-0.4, -0.2) is 46.1 Å². The Hall–Kier alpha value is -0.980. The third-order valence-electron chi connectivity index (χ3n) is 6.48. The van der Waals surface area contributed by atoms with Gasteiger partial charge in [-0.2, -0.15) is 0 Å². The molecule has 0 spiro atoms. The molecule has 0 N–H and O–H groups in total. The Bertz CT molecular complexity index is 903. The van der Waals surface area contributed by atoms with Gasteiger partial charge in [0.1, 0.15) is 16.8 Å². The quantitative estimate of drug-likeness (QED) is 0.569. The maximum atomic E-state index is 13.2. The van der Waals surface area contributed by atoms with Crippen molar-refractivity contribution in [3.63, 3.8) is 0 Å². The predicted molar refractivity (Wildman–Crippen MR) is 122 cm³/mol. The molecule has 2 aromatic carbocycles. The molecule has 0 saturated carbocycles. The molecule has 2 saturated heterocycles. The highest BCUT2D eigenvalue weighted by Gasteiger charge is 2.35. The van der Waals surface area contributed by atoms with Gasteiger partial charge in [-0.15, -0.1) is 0 Å². The van der Waals surface area contributed by atoms with Gasteiger partial charge in [-0.05, 0) is 79.6 Å². The number of hydrogen-bond donors (Lipinski definition) is 0. The zero-order chi connectivity index (χ0) is 21.3. The van der Waals surface area contributed by atoms with E-state index in [2.05, 4.69) is 16.1 Å². The highest BCUT2D eigenvalue weighted by atomic mass is 35.5. The number of halogens is 3. The van der Waals surface area contributed by atoms with Gasteiger partial charge in [-0.1, -0.05) is 42.3 Å². The third-order valence-corrected chi connectivity index (χ3v) is 8.65. The maximum absolute atomic E-state index is 13.2. The molecule has 3 atom stereocenters. The monoisotopic (exact) mass is 468 g/mol. The van der Waals surface area contributed by atoms with E-state index in [-0.39, 0.29) is 5.82 Å². The number of nitrogens with zero attached hydrogens (tertiary/aromatic N) is 2. The Balaban J connectivity index is 1.31. The molecule has 2 aliphatic rings. The Morgan fingerprint density at radius 2 is 1.73 bits per heavy atom. The lowest BCUT2D eigenvalue weighted by Crippen LogP contribution is -2.38. The van der Waals surface area contributed by atoms with Gasteiger partial charge in [0.15, 0.2) is 0 Å². The third kappa shape index (κ3) is 5.08. The predicted octanol–water partition coefficient (Wildman–Crippen LogP) is 5.60. The van der Waals surface area contributed by atoms with E-state index in [1.807, 2.05) is 12.1 Å². The van der Waals surface area contributed by atoms with Crippen LogP contribution in [0.15, 0.2) is 47.4 Å². The lowest BCUT2D eigenvalue weighted by Gasteiger charge is -2.34. The number of benzene rings is 2. The largest absolute Gasteiger partial charge is 0.303 e. The van der Waals surface area contributed by atoms with Crippen LogP contribution in [-0.2, 0) is 11.0 Å². The number of piperidine rings is 1. The van der Waals surface area contributed by atoms with Crippen molar-refractivity contribution in [2.45, 2.75) is 30.6 Å². The molecule has 0 radical (unpaired) electrons. The molecule has 2 aliphatic heterocycles. The minimum Gasteiger partial charge on any atom is -0.303 e. The van der Waals surface area contributed by atoms with E-state index in [1.54, 1.807) is 30.3 Å². The zero-order valence-corrected chi connectivity index (χ0v) is 19.4. The summed E-state index contributed by atoms with van der Waals surface area (Å²) in [5.41, 5.74) is 1.24. The lowest BCUT2D eigenvalue weighted by atomic mass is 9.88. The Labute approximate surface area is 190 Å². The van der Waals surface area contributed by atoms with E-state index < -0.39 is 11.0 Å². The van der Waals surface area contributed by atoms with E-state index in [0.29, 0.717) is 32.7 Å². The topological polar surface area (TPSA) is 23.6 Å². The molecule has 7 heteroatoms. The molecule has 2 fully saturated rings. The van der Waals surface area contributed by atoms with E-state index >= 15 is 0 Å². The molecule has 4 rings (SSSR count). The SMILES string of the molecule is CC1CN(S(=O)c2ccc(Cl)c(Cl)c2)CC1CN1CCC(c2ccc(F)cc2)CC1. The molecule has 0 aliphatic carbocycles. The van der Waals surface area contributed by atoms with Gasteiger partial charge in [-0.3, -0.25) is 0 Å². The number of rotatable bonds is 5. The number of likely N-dealkylation sites (tertiary alicyclic amines) is 1. The average Bonchev–Trinajstić information content (AvgIpc) is 3.11.